The zero-order valence-corrected chi connectivity index (χ0v) is 14.1. The van der Waals surface area contributed by atoms with Crippen LogP contribution in [0.2, 0.25) is 0 Å². The lowest BCUT2D eigenvalue weighted by molar-refractivity contribution is 0.0205. The quantitative estimate of drug-likeness (QED) is 0.570. The van der Waals surface area contributed by atoms with Crippen molar-refractivity contribution in [1.29, 1.82) is 0 Å². The third kappa shape index (κ3) is 7.22. The maximum Gasteiger partial charge on any atom is 0.119 e. The van der Waals surface area contributed by atoms with Crippen molar-refractivity contribution in [3.05, 3.63) is 29.3 Å². The molecule has 22 heavy (non-hydrogen) atoms. The molecular weight excluding hydrogens is 282 g/mol. The molecule has 0 spiro atoms. The van der Waals surface area contributed by atoms with Gasteiger partial charge in [-0.1, -0.05) is 6.07 Å². The van der Waals surface area contributed by atoms with E-state index >= 15 is 0 Å². The minimum Gasteiger partial charge on any atom is -0.491 e. The van der Waals surface area contributed by atoms with Gasteiger partial charge in [0.15, 0.2) is 0 Å². The second-order valence-corrected chi connectivity index (χ2v) is 6.25. The van der Waals surface area contributed by atoms with E-state index in [1.165, 1.54) is 11.1 Å². The van der Waals surface area contributed by atoms with E-state index in [2.05, 4.69) is 19.2 Å². The van der Waals surface area contributed by atoms with Gasteiger partial charge in [0.05, 0.1) is 25.9 Å². The molecule has 1 unspecified atom stereocenters. The predicted molar refractivity (Wildman–Crippen MR) is 87.4 cm³/mol. The number of hydrogen-bond acceptors (Lipinski definition) is 5. The Balaban J connectivity index is 2.13. The Labute approximate surface area is 133 Å². The molecule has 126 valence electrons. The molecule has 0 radical (unpaired) electrons. The van der Waals surface area contributed by atoms with Gasteiger partial charge in [0.25, 0.3) is 0 Å². The Hall–Kier alpha value is -1.14. The number of aliphatic hydroxyl groups excluding tert-OH is 2. The first-order valence-electron chi connectivity index (χ1n) is 7.66. The topological polar surface area (TPSA) is 71.0 Å². The van der Waals surface area contributed by atoms with Gasteiger partial charge in [-0.2, -0.15) is 0 Å². The van der Waals surface area contributed by atoms with Gasteiger partial charge in [0.1, 0.15) is 12.4 Å². The molecule has 0 aliphatic rings. The van der Waals surface area contributed by atoms with Crippen molar-refractivity contribution < 1.29 is 19.7 Å². The number of aryl methyl sites for hydroxylation is 2. The molecule has 0 saturated heterocycles. The fourth-order valence-corrected chi connectivity index (χ4v) is 1.75. The van der Waals surface area contributed by atoms with Crippen LogP contribution >= 0.6 is 0 Å². The third-order valence-electron chi connectivity index (χ3n) is 3.50. The largest absolute Gasteiger partial charge is 0.491 e. The number of nitrogens with one attached hydrogen (secondary N) is 1. The van der Waals surface area contributed by atoms with Crippen molar-refractivity contribution in [2.75, 3.05) is 33.0 Å². The number of hydrogen-bond donors (Lipinski definition) is 3. The summed E-state index contributed by atoms with van der Waals surface area (Å²) in [6, 6.07) is 5.98. The van der Waals surface area contributed by atoms with Crippen LogP contribution in [0.3, 0.4) is 0 Å². The lowest BCUT2D eigenvalue weighted by atomic mass is 10.1. The normalized spacial score (nSPS) is 13.2. The number of aliphatic hydroxyl groups is 2. The molecule has 0 fully saturated rings. The molecule has 1 aromatic carbocycles. The van der Waals surface area contributed by atoms with E-state index in [9.17, 15) is 5.11 Å². The number of benzene rings is 1. The summed E-state index contributed by atoms with van der Waals surface area (Å²) in [7, 11) is 0. The Morgan fingerprint density at radius 3 is 2.55 bits per heavy atom. The van der Waals surface area contributed by atoms with Gasteiger partial charge in [-0.25, -0.2) is 0 Å². The van der Waals surface area contributed by atoms with E-state index in [0.29, 0.717) is 19.8 Å². The number of ether oxygens (including phenoxy) is 2. The van der Waals surface area contributed by atoms with E-state index in [0.717, 1.165) is 5.75 Å². The first-order chi connectivity index (χ1) is 10.3. The van der Waals surface area contributed by atoms with Crippen LogP contribution in [0.4, 0.5) is 0 Å². The molecule has 0 aliphatic heterocycles. The molecule has 1 atom stereocenters. The Morgan fingerprint density at radius 2 is 1.91 bits per heavy atom. The third-order valence-corrected chi connectivity index (χ3v) is 3.50. The van der Waals surface area contributed by atoms with Gasteiger partial charge in [0, 0.05) is 12.1 Å². The summed E-state index contributed by atoms with van der Waals surface area (Å²) in [5.74, 6) is 0.832. The van der Waals surface area contributed by atoms with Crippen LogP contribution in [-0.2, 0) is 4.74 Å². The zero-order chi connectivity index (χ0) is 16.6. The highest BCUT2D eigenvalue weighted by Gasteiger charge is 2.16. The van der Waals surface area contributed by atoms with Gasteiger partial charge >= 0.3 is 0 Å². The highest BCUT2D eigenvalue weighted by Crippen LogP contribution is 2.16. The minimum absolute atomic E-state index is 0.0182. The lowest BCUT2D eigenvalue weighted by Crippen LogP contribution is -2.47. The van der Waals surface area contributed by atoms with E-state index < -0.39 is 11.6 Å². The minimum atomic E-state index is -0.604. The molecule has 0 amide bonds. The predicted octanol–water partition coefficient (Wildman–Crippen LogP) is 1.42. The van der Waals surface area contributed by atoms with Crippen molar-refractivity contribution in [3.8, 4) is 5.75 Å². The standard InChI is InChI=1S/C17H29NO4/c1-13-5-6-16(9-14(13)2)22-8-7-21-11-15(20)10-18-17(3,4)12-19/h5-6,9,15,18-20H,7-8,10-12H2,1-4H3. The molecule has 5 nitrogen and oxygen atoms in total. The molecule has 5 heteroatoms. The summed E-state index contributed by atoms with van der Waals surface area (Å²) < 4.78 is 11.0. The molecule has 1 rings (SSSR count). The number of β-amino-alcohol motifs (C(OH)–C–C–N with tert-alkyl or cyclic N) is 1. The summed E-state index contributed by atoms with van der Waals surface area (Å²) >= 11 is 0. The molecule has 3 N–H and O–H groups in total. The van der Waals surface area contributed by atoms with Crippen LogP contribution in [0, 0.1) is 13.8 Å². The van der Waals surface area contributed by atoms with Crippen molar-refractivity contribution in [3.63, 3.8) is 0 Å². The summed E-state index contributed by atoms with van der Waals surface area (Å²) in [5, 5.41) is 22.0. The van der Waals surface area contributed by atoms with Crippen LogP contribution in [-0.4, -0.2) is 54.8 Å². The van der Waals surface area contributed by atoms with Crippen molar-refractivity contribution >= 4 is 0 Å². The van der Waals surface area contributed by atoms with Crippen molar-refractivity contribution in [2.24, 2.45) is 0 Å². The first kappa shape index (κ1) is 18.9. The van der Waals surface area contributed by atoms with Crippen molar-refractivity contribution in [2.45, 2.75) is 39.3 Å². The average Bonchev–Trinajstić information content (AvgIpc) is 2.48. The molecule has 0 bridgehead atoms. The lowest BCUT2D eigenvalue weighted by Gasteiger charge is -2.25. The summed E-state index contributed by atoms with van der Waals surface area (Å²) in [6.07, 6.45) is -0.604. The first-order valence-corrected chi connectivity index (χ1v) is 7.66. The van der Waals surface area contributed by atoms with Crippen LogP contribution in [0.1, 0.15) is 25.0 Å². The molecular formula is C17H29NO4. The van der Waals surface area contributed by atoms with Crippen LogP contribution in [0.15, 0.2) is 18.2 Å². The monoisotopic (exact) mass is 311 g/mol. The second-order valence-electron chi connectivity index (χ2n) is 6.25. The van der Waals surface area contributed by atoms with E-state index in [-0.39, 0.29) is 13.2 Å². The van der Waals surface area contributed by atoms with Gasteiger partial charge in [-0.3, -0.25) is 0 Å². The van der Waals surface area contributed by atoms with E-state index in [1.807, 2.05) is 32.0 Å². The van der Waals surface area contributed by atoms with Gasteiger partial charge < -0.3 is 25.0 Å². The molecule has 0 aromatic heterocycles. The fourth-order valence-electron chi connectivity index (χ4n) is 1.75. The SMILES string of the molecule is Cc1ccc(OCCOCC(O)CNC(C)(C)CO)cc1C. The summed E-state index contributed by atoms with van der Waals surface area (Å²) in [5.41, 5.74) is 2.05. The Kier molecular flexibility index (Phi) is 7.82. The van der Waals surface area contributed by atoms with Gasteiger partial charge in [-0.15, -0.1) is 0 Å². The fraction of sp³-hybridized carbons (Fsp3) is 0.647. The molecule has 0 heterocycles. The van der Waals surface area contributed by atoms with Crippen LogP contribution in [0.5, 0.6) is 5.75 Å². The zero-order valence-electron chi connectivity index (χ0n) is 14.1. The highest BCUT2D eigenvalue weighted by molar-refractivity contribution is 5.33. The molecule has 0 aliphatic carbocycles. The highest BCUT2D eigenvalue weighted by atomic mass is 16.5. The molecule has 0 saturated carbocycles. The number of rotatable bonds is 10. The average molecular weight is 311 g/mol. The Morgan fingerprint density at radius 1 is 1.18 bits per heavy atom. The smallest absolute Gasteiger partial charge is 0.119 e. The second kappa shape index (κ2) is 9.10. The van der Waals surface area contributed by atoms with E-state index in [4.69, 9.17) is 14.6 Å². The van der Waals surface area contributed by atoms with Crippen LogP contribution in [0.25, 0.3) is 0 Å². The van der Waals surface area contributed by atoms with Crippen LogP contribution < -0.4 is 10.1 Å². The van der Waals surface area contributed by atoms with Crippen molar-refractivity contribution in [1.82, 2.24) is 5.32 Å². The summed E-state index contributed by atoms with van der Waals surface area (Å²) in [6.45, 7) is 9.38. The molecule has 1 aromatic rings. The summed E-state index contributed by atoms with van der Waals surface area (Å²) in [4.78, 5) is 0. The maximum absolute atomic E-state index is 9.78. The maximum atomic E-state index is 9.78. The van der Waals surface area contributed by atoms with Gasteiger partial charge in [-0.05, 0) is 51.0 Å². The Bertz CT molecular complexity index is 448. The van der Waals surface area contributed by atoms with Gasteiger partial charge in [0.2, 0.25) is 0 Å². The van der Waals surface area contributed by atoms with E-state index in [1.54, 1.807) is 0 Å².